The monoisotopic (exact) mass is 403 g/mol. The maximum atomic E-state index is 12.3. The van der Waals surface area contributed by atoms with Crippen LogP contribution in [0, 0.1) is 0 Å². The molecule has 0 aromatic carbocycles. The maximum Gasteiger partial charge on any atom is 0.300 e. The second-order valence-electron chi connectivity index (χ2n) is 6.30. The van der Waals surface area contributed by atoms with Gasteiger partial charge in [0.25, 0.3) is 11.9 Å². The number of hydrogen-bond donors (Lipinski definition) is 4. The molecule has 0 spiro atoms. The lowest BCUT2D eigenvalue weighted by molar-refractivity contribution is -0.134. The number of hydrogen-bond acceptors (Lipinski definition) is 7. The summed E-state index contributed by atoms with van der Waals surface area (Å²) < 4.78 is 30.1. The van der Waals surface area contributed by atoms with Crippen molar-refractivity contribution in [2.24, 2.45) is 0 Å². The number of carboxylic acids is 1. The Bertz CT molecular complexity index is 774. The highest BCUT2D eigenvalue weighted by Gasteiger charge is 2.27. The van der Waals surface area contributed by atoms with Crippen LogP contribution in [0.25, 0.3) is 0 Å². The molecule has 1 atom stereocenters. The third kappa shape index (κ3) is 6.27. The van der Waals surface area contributed by atoms with Crippen molar-refractivity contribution in [1.82, 2.24) is 25.1 Å². The van der Waals surface area contributed by atoms with Gasteiger partial charge in [-0.05, 0) is 13.0 Å². The molecule has 0 saturated carbocycles. The van der Waals surface area contributed by atoms with Gasteiger partial charge in [-0.25, -0.2) is 8.42 Å². The molecule has 0 bridgehead atoms. The molecule has 0 radical (unpaired) electrons. The van der Waals surface area contributed by atoms with Gasteiger partial charge in [0.2, 0.25) is 10.0 Å². The number of H-pyrrole nitrogens is 1. The summed E-state index contributed by atoms with van der Waals surface area (Å²) in [6.07, 6.45) is 1.59. The lowest BCUT2D eigenvalue weighted by Crippen LogP contribution is -2.49. The van der Waals surface area contributed by atoms with Gasteiger partial charge in [-0.3, -0.25) is 14.7 Å². The molecule has 3 heterocycles. The molecule has 2 aliphatic rings. The van der Waals surface area contributed by atoms with E-state index >= 15 is 0 Å². The summed E-state index contributed by atoms with van der Waals surface area (Å²) in [4.78, 5) is 21.3. The van der Waals surface area contributed by atoms with Crippen LogP contribution >= 0.6 is 0 Å². The number of morpholine rings is 1. The zero-order valence-electron chi connectivity index (χ0n) is 15.3. The minimum atomic E-state index is -3.24. The summed E-state index contributed by atoms with van der Waals surface area (Å²) in [5, 5.41) is 20.4. The van der Waals surface area contributed by atoms with E-state index in [1.807, 2.05) is 0 Å². The number of rotatable bonds is 4. The van der Waals surface area contributed by atoms with Gasteiger partial charge in [0.05, 0.1) is 24.7 Å². The molecule has 152 valence electrons. The third-order valence-electron chi connectivity index (χ3n) is 4.08. The fraction of sp³-hybridized carbons (Fsp3) is 0.667. The smallest absolute Gasteiger partial charge is 0.300 e. The van der Waals surface area contributed by atoms with Crippen molar-refractivity contribution in [2.45, 2.75) is 26.0 Å². The van der Waals surface area contributed by atoms with E-state index in [2.05, 4.69) is 20.8 Å². The number of aliphatic carboxylic acids is 1. The molecule has 12 heteroatoms. The Morgan fingerprint density at radius 1 is 1.44 bits per heavy atom. The highest BCUT2D eigenvalue weighted by Crippen LogP contribution is 2.15. The zero-order valence-corrected chi connectivity index (χ0v) is 16.1. The Morgan fingerprint density at radius 2 is 2.15 bits per heavy atom. The summed E-state index contributed by atoms with van der Waals surface area (Å²) in [6.45, 7) is 3.78. The summed E-state index contributed by atoms with van der Waals surface area (Å²) in [5.74, 6) is -1.09. The highest BCUT2D eigenvalue weighted by atomic mass is 32.2. The highest BCUT2D eigenvalue weighted by molar-refractivity contribution is 7.88. The van der Waals surface area contributed by atoms with Gasteiger partial charge >= 0.3 is 0 Å². The van der Waals surface area contributed by atoms with E-state index < -0.39 is 16.0 Å². The number of carbonyl (C=O) groups excluding carboxylic acids is 1. The standard InChI is InChI=1S/C13H21N5O4S.C2H4O2/c1-23(20,21)18-4-5-22-9(8-18)6-15-13(19)12-10-2-3-14-7-11(10)16-17-12;1-2(3)4/h9,14H,2-8H2,1H3,(H,15,19)(H,16,17);1H3,(H,3,4). The predicted molar refractivity (Wildman–Crippen MR) is 95.8 cm³/mol. The van der Waals surface area contributed by atoms with Crippen LogP contribution in [0.2, 0.25) is 0 Å². The van der Waals surface area contributed by atoms with Crippen LogP contribution in [0.4, 0.5) is 0 Å². The topological polar surface area (TPSA) is 154 Å². The van der Waals surface area contributed by atoms with E-state index in [1.54, 1.807) is 0 Å². The fourth-order valence-corrected chi connectivity index (χ4v) is 3.68. The van der Waals surface area contributed by atoms with E-state index in [1.165, 1.54) is 10.6 Å². The van der Waals surface area contributed by atoms with Crippen molar-refractivity contribution in [1.29, 1.82) is 0 Å². The molecule has 1 amide bonds. The number of carbonyl (C=O) groups is 2. The fourth-order valence-electron chi connectivity index (χ4n) is 2.84. The van der Waals surface area contributed by atoms with Crippen LogP contribution in [0.1, 0.15) is 28.7 Å². The predicted octanol–water partition coefficient (Wildman–Crippen LogP) is -1.46. The number of fused-ring (bicyclic) bond motifs is 1. The molecule has 1 aromatic rings. The average Bonchev–Trinajstić information content (AvgIpc) is 3.03. The Kier molecular flexibility index (Phi) is 7.30. The lowest BCUT2D eigenvalue weighted by Gasteiger charge is -2.31. The molecule has 27 heavy (non-hydrogen) atoms. The number of ether oxygens (including phenoxy) is 1. The van der Waals surface area contributed by atoms with Crippen LogP contribution in [-0.4, -0.2) is 85.0 Å². The second kappa shape index (κ2) is 9.26. The number of carboxylic acid groups (broad SMARTS) is 1. The molecule has 1 saturated heterocycles. The minimum Gasteiger partial charge on any atom is -0.481 e. The van der Waals surface area contributed by atoms with Crippen molar-refractivity contribution in [2.75, 3.05) is 39.0 Å². The van der Waals surface area contributed by atoms with Crippen molar-refractivity contribution in [3.63, 3.8) is 0 Å². The van der Waals surface area contributed by atoms with Crippen LogP contribution in [0.3, 0.4) is 0 Å². The van der Waals surface area contributed by atoms with Gasteiger partial charge in [0, 0.05) is 38.7 Å². The number of nitrogens with zero attached hydrogens (tertiary/aromatic N) is 2. The van der Waals surface area contributed by atoms with Crippen LogP contribution in [0.5, 0.6) is 0 Å². The second-order valence-corrected chi connectivity index (χ2v) is 8.28. The summed E-state index contributed by atoms with van der Waals surface area (Å²) in [6, 6.07) is 0. The van der Waals surface area contributed by atoms with Crippen molar-refractivity contribution in [3.05, 3.63) is 17.0 Å². The largest absolute Gasteiger partial charge is 0.481 e. The van der Waals surface area contributed by atoms with E-state index in [9.17, 15) is 13.2 Å². The quantitative estimate of drug-likeness (QED) is 0.475. The van der Waals surface area contributed by atoms with Gasteiger partial charge in [-0.1, -0.05) is 0 Å². The van der Waals surface area contributed by atoms with E-state index in [0.29, 0.717) is 25.4 Å². The number of aromatic amines is 1. The maximum absolute atomic E-state index is 12.3. The average molecular weight is 403 g/mol. The van der Waals surface area contributed by atoms with Gasteiger partial charge in [0.1, 0.15) is 0 Å². The Morgan fingerprint density at radius 3 is 2.81 bits per heavy atom. The first-order valence-corrected chi connectivity index (χ1v) is 10.3. The molecule has 1 unspecified atom stereocenters. The minimum absolute atomic E-state index is 0.252. The summed E-state index contributed by atoms with van der Waals surface area (Å²) in [5.41, 5.74) is 2.31. The lowest BCUT2D eigenvalue weighted by atomic mass is 10.1. The van der Waals surface area contributed by atoms with Gasteiger partial charge in [-0.15, -0.1) is 0 Å². The SMILES string of the molecule is CC(=O)O.CS(=O)(=O)N1CCOC(CNC(=O)c2n[nH]c3c2CCNC3)C1. The summed E-state index contributed by atoms with van der Waals surface area (Å²) >= 11 is 0. The molecule has 0 aliphatic carbocycles. The van der Waals surface area contributed by atoms with Crippen LogP contribution in [0.15, 0.2) is 0 Å². The Labute approximate surface area is 157 Å². The molecule has 1 aromatic heterocycles. The molecule has 4 N–H and O–H groups in total. The number of aromatic nitrogens is 2. The zero-order chi connectivity index (χ0) is 20.0. The van der Waals surface area contributed by atoms with Crippen molar-refractivity contribution >= 4 is 21.9 Å². The number of sulfonamides is 1. The Hall–Kier alpha value is -2.02. The number of amides is 1. The van der Waals surface area contributed by atoms with E-state index in [0.717, 1.165) is 31.1 Å². The van der Waals surface area contributed by atoms with Gasteiger partial charge in [-0.2, -0.15) is 9.40 Å². The van der Waals surface area contributed by atoms with Gasteiger partial charge in [0.15, 0.2) is 5.69 Å². The Balaban J connectivity index is 0.000000596. The first-order valence-electron chi connectivity index (χ1n) is 8.49. The van der Waals surface area contributed by atoms with Crippen molar-refractivity contribution in [3.8, 4) is 0 Å². The normalized spacial score (nSPS) is 20.1. The van der Waals surface area contributed by atoms with E-state index in [-0.39, 0.29) is 25.1 Å². The molecule has 3 rings (SSSR count). The van der Waals surface area contributed by atoms with E-state index in [4.69, 9.17) is 14.6 Å². The summed E-state index contributed by atoms with van der Waals surface area (Å²) in [7, 11) is -3.24. The molecule has 1 fully saturated rings. The first kappa shape index (κ1) is 21.3. The van der Waals surface area contributed by atoms with Gasteiger partial charge < -0.3 is 20.5 Å². The number of nitrogens with one attached hydrogen (secondary N) is 3. The first-order chi connectivity index (χ1) is 12.7. The third-order valence-corrected chi connectivity index (χ3v) is 5.35. The molecule has 2 aliphatic heterocycles. The molecular formula is C15H25N5O6S. The van der Waals surface area contributed by atoms with Crippen LogP contribution in [-0.2, 0) is 32.5 Å². The van der Waals surface area contributed by atoms with Crippen LogP contribution < -0.4 is 10.6 Å². The molecule has 11 nitrogen and oxygen atoms in total. The molecular weight excluding hydrogens is 378 g/mol. The van der Waals surface area contributed by atoms with Crippen molar-refractivity contribution < 1.29 is 27.9 Å².